The highest BCUT2D eigenvalue weighted by molar-refractivity contribution is 6.39. The van der Waals surface area contributed by atoms with Crippen molar-refractivity contribution in [2.75, 3.05) is 6.67 Å². The highest BCUT2D eigenvalue weighted by Gasteiger charge is 2.50. The van der Waals surface area contributed by atoms with E-state index in [1.165, 1.54) is 141 Å². The van der Waals surface area contributed by atoms with Gasteiger partial charge in [0.2, 0.25) is 0 Å². The Bertz CT molecular complexity index is 734. The van der Waals surface area contributed by atoms with E-state index in [1.54, 1.807) is 0 Å². The van der Waals surface area contributed by atoms with E-state index in [4.69, 9.17) is 23.2 Å². The van der Waals surface area contributed by atoms with Crippen LogP contribution in [0.25, 0.3) is 0 Å². The van der Waals surface area contributed by atoms with Crippen LogP contribution in [0.1, 0.15) is 197 Å². The zero-order valence-corrected chi connectivity index (χ0v) is 34.2. The van der Waals surface area contributed by atoms with Gasteiger partial charge < -0.3 is 9.80 Å². The largest absolute Gasteiger partial charge is 0.339 e. The van der Waals surface area contributed by atoms with Crippen LogP contribution in [0.4, 0.5) is 0 Å². The molecule has 1 heterocycles. The van der Waals surface area contributed by atoms with Gasteiger partial charge in [-0.15, -0.1) is 0 Å². The second-order valence-corrected chi connectivity index (χ2v) is 17.2. The highest BCUT2D eigenvalue weighted by atomic mass is 35.5. The van der Waals surface area contributed by atoms with Gasteiger partial charge in [0.25, 0.3) is 0 Å². The van der Waals surface area contributed by atoms with E-state index in [0.29, 0.717) is 12.1 Å². The van der Waals surface area contributed by atoms with Crippen molar-refractivity contribution in [2.45, 2.75) is 209 Å². The molecule has 4 heteroatoms. The Morgan fingerprint density at radius 1 is 0.426 bits per heavy atom. The summed E-state index contributed by atoms with van der Waals surface area (Å²) in [7, 11) is 0. The van der Waals surface area contributed by atoms with Gasteiger partial charge in [0.15, 0.2) is 0 Å². The van der Waals surface area contributed by atoms with Crippen LogP contribution in [0.5, 0.6) is 0 Å². The molecule has 0 spiro atoms. The standard InChI is InChI=1S/C43H80Cl2N2/c1-9-19-32(20-10-2)36-27-17-28-37(33(21-11-3)22-12-4)40(36)46-31-47(43(45)42(46)44)41-38(34(23-13-5)24-14-6)29-18-30-39(41)35(25-15-7)26-16-8/h32-41H,9-31H2,1-8H3. The van der Waals surface area contributed by atoms with E-state index in [2.05, 4.69) is 65.2 Å². The smallest absolute Gasteiger partial charge is 0.142 e. The summed E-state index contributed by atoms with van der Waals surface area (Å²) in [6, 6.07) is 1.04. The molecule has 0 bridgehead atoms. The van der Waals surface area contributed by atoms with Gasteiger partial charge in [-0.25, -0.2) is 0 Å². The van der Waals surface area contributed by atoms with Crippen LogP contribution in [0, 0.1) is 47.3 Å². The first-order valence-corrected chi connectivity index (χ1v) is 22.2. The lowest BCUT2D eigenvalue weighted by Crippen LogP contribution is -2.55. The molecule has 0 N–H and O–H groups in total. The summed E-state index contributed by atoms with van der Waals surface area (Å²) in [5.74, 6) is 6.09. The summed E-state index contributed by atoms with van der Waals surface area (Å²) in [5, 5.41) is 1.81. The van der Waals surface area contributed by atoms with Crippen molar-refractivity contribution < 1.29 is 0 Å². The first-order valence-electron chi connectivity index (χ1n) is 21.4. The Morgan fingerprint density at radius 2 is 0.638 bits per heavy atom. The SMILES string of the molecule is CCCC(CCC)C1CCCC(C(CCC)CCC)C1N1CN(C2C(C(CCC)CCC)CCCC2C(CCC)CCC)C(Cl)=C1Cl. The molecule has 4 unspecified atom stereocenters. The lowest BCUT2D eigenvalue weighted by molar-refractivity contribution is -0.0254. The molecule has 0 radical (unpaired) electrons. The Balaban J connectivity index is 2.12. The van der Waals surface area contributed by atoms with Crippen molar-refractivity contribution in [2.24, 2.45) is 47.3 Å². The molecular formula is C43H80Cl2N2. The van der Waals surface area contributed by atoms with E-state index in [0.717, 1.165) is 64.3 Å². The zero-order valence-electron chi connectivity index (χ0n) is 32.7. The van der Waals surface area contributed by atoms with Gasteiger partial charge in [-0.1, -0.05) is 194 Å². The van der Waals surface area contributed by atoms with E-state index < -0.39 is 0 Å². The minimum Gasteiger partial charge on any atom is -0.339 e. The fraction of sp³-hybridized carbons (Fsp3) is 0.953. The molecule has 0 aromatic carbocycles. The molecule has 2 fully saturated rings. The number of halogens is 2. The molecule has 0 aromatic heterocycles. The fourth-order valence-electron chi connectivity index (χ4n) is 11.7. The van der Waals surface area contributed by atoms with Gasteiger partial charge in [0, 0.05) is 12.1 Å². The van der Waals surface area contributed by atoms with Crippen molar-refractivity contribution in [3.8, 4) is 0 Å². The van der Waals surface area contributed by atoms with Crippen molar-refractivity contribution in [3.05, 3.63) is 10.3 Å². The Hall–Kier alpha value is -0.0800. The second kappa shape index (κ2) is 22.0. The molecule has 0 saturated heterocycles. The minimum absolute atomic E-state index is 0.519. The van der Waals surface area contributed by atoms with E-state index >= 15 is 0 Å². The molecule has 2 nitrogen and oxygen atoms in total. The molecule has 3 aliphatic rings. The summed E-state index contributed by atoms with van der Waals surface area (Å²) in [6.45, 7) is 20.2. The maximum Gasteiger partial charge on any atom is 0.142 e. The molecular weight excluding hydrogens is 615 g/mol. The molecule has 2 saturated carbocycles. The third-order valence-electron chi connectivity index (χ3n) is 13.3. The van der Waals surface area contributed by atoms with Gasteiger partial charge in [-0.2, -0.15) is 0 Å². The van der Waals surface area contributed by atoms with Crippen molar-refractivity contribution in [1.82, 2.24) is 9.80 Å². The van der Waals surface area contributed by atoms with Crippen LogP contribution in [0.15, 0.2) is 10.3 Å². The van der Waals surface area contributed by atoms with Crippen molar-refractivity contribution in [1.29, 1.82) is 0 Å². The number of nitrogens with zero attached hydrogens (tertiary/aromatic N) is 2. The predicted octanol–water partition coefficient (Wildman–Crippen LogP) is 14.6. The van der Waals surface area contributed by atoms with Gasteiger partial charge >= 0.3 is 0 Å². The third kappa shape index (κ3) is 10.5. The van der Waals surface area contributed by atoms with Crippen LogP contribution in [0.3, 0.4) is 0 Å². The molecule has 4 atom stereocenters. The first kappa shape index (κ1) is 41.3. The van der Waals surface area contributed by atoms with Gasteiger partial charge in [-0.05, 0) is 73.0 Å². The Kier molecular flexibility index (Phi) is 19.3. The Labute approximate surface area is 304 Å². The van der Waals surface area contributed by atoms with Crippen LogP contribution in [-0.4, -0.2) is 28.6 Å². The summed E-state index contributed by atoms with van der Waals surface area (Å²) < 4.78 is 0. The predicted molar refractivity (Wildman–Crippen MR) is 210 cm³/mol. The maximum atomic E-state index is 7.66. The van der Waals surface area contributed by atoms with E-state index in [-0.39, 0.29) is 0 Å². The third-order valence-corrected chi connectivity index (χ3v) is 14.2. The molecule has 0 aromatic rings. The fourth-order valence-corrected chi connectivity index (χ4v) is 12.3. The average molecular weight is 696 g/mol. The average Bonchev–Trinajstić information content (AvgIpc) is 3.36. The van der Waals surface area contributed by atoms with Crippen LogP contribution >= 0.6 is 23.2 Å². The summed E-state index contributed by atoms with van der Waals surface area (Å²) in [5.41, 5.74) is 0. The monoisotopic (exact) mass is 695 g/mol. The number of rotatable bonds is 22. The molecule has 47 heavy (non-hydrogen) atoms. The topological polar surface area (TPSA) is 6.48 Å². The Morgan fingerprint density at radius 3 is 0.830 bits per heavy atom. The summed E-state index contributed by atoms with van der Waals surface area (Å²) in [4.78, 5) is 5.47. The van der Waals surface area contributed by atoms with Gasteiger partial charge in [0.1, 0.15) is 10.3 Å². The summed E-state index contributed by atoms with van der Waals surface area (Å²) in [6.07, 6.45) is 29.5. The van der Waals surface area contributed by atoms with Crippen LogP contribution in [-0.2, 0) is 0 Å². The quantitative estimate of drug-likeness (QED) is 0.104. The lowest BCUT2D eigenvalue weighted by Gasteiger charge is -2.52. The lowest BCUT2D eigenvalue weighted by atomic mass is 9.63. The first-order chi connectivity index (χ1) is 22.9. The van der Waals surface area contributed by atoms with E-state index in [1.807, 2.05) is 0 Å². The number of hydrogen-bond donors (Lipinski definition) is 0. The van der Waals surface area contributed by atoms with Gasteiger partial charge in [-0.3, -0.25) is 0 Å². The molecule has 276 valence electrons. The molecule has 0 amide bonds. The van der Waals surface area contributed by atoms with Crippen molar-refractivity contribution in [3.63, 3.8) is 0 Å². The van der Waals surface area contributed by atoms with Crippen LogP contribution < -0.4 is 0 Å². The minimum atomic E-state index is 0.519. The van der Waals surface area contributed by atoms with Crippen molar-refractivity contribution >= 4 is 23.2 Å². The van der Waals surface area contributed by atoms with Gasteiger partial charge in [0.05, 0.1) is 6.67 Å². The van der Waals surface area contributed by atoms with Crippen LogP contribution in [0.2, 0.25) is 0 Å². The maximum absolute atomic E-state index is 7.66. The normalized spacial score (nSPS) is 27.4. The molecule has 3 rings (SSSR count). The number of hydrogen-bond acceptors (Lipinski definition) is 2. The second-order valence-electron chi connectivity index (χ2n) is 16.5. The zero-order chi connectivity index (χ0) is 34.3. The van der Waals surface area contributed by atoms with E-state index in [9.17, 15) is 0 Å². The summed E-state index contributed by atoms with van der Waals surface area (Å²) >= 11 is 15.3. The molecule has 2 aliphatic carbocycles. The molecule has 1 aliphatic heterocycles. The highest BCUT2D eigenvalue weighted by Crippen LogP contribution is 2.52.